The number of esters is 1. The lowest BCUT2D eigenvalue weighted by Crippen LogP contribution is -2.37. The maximum Gasteiger partial charge on any atom is 0.337 e. The standard InChI is InChI=1S/C32H36BrNO7/c1-17-28(32(37)41-21-8-6-5-7-9-21)29(20-12-22(33)31(36)27(16-20)40-4)30-23(34-17)13-19(14-24(30)35)18-10-11-25(38-2)26(15-18)39-3/h10-12,15-16,19,21,29,34,36H,5-9,13-14H2,1-4H3. The Balaban J connectivity index is 1.57. The number of halogens is 1. The first-order valence-electron chi connectivity index (χ1n) is 14.0. The lowest BCUT2D eigenvalue weighted by Gasteiger charge is -2.37. The van der Waals surface area contributed by atoms with Gasteiger partial charge < -0.3 is 29.4 Å². The molecular formula is C32H36BrNO7. The van der Waals surface area contributed by atoms with Gasteiger partial charge in [-0.2, -0.15) is 0 Å². The van der Waals surface area contributed by atoms with Crippen LogP contribution in [-0.4, -0.2) is 44.3 Å². The number of methoxy groups -OCH3 is 3. The number of phenols is 1. The number of Topliss-reactive ketones (excluding diaryl/α,β-unsaturated/α-hetero) is 1. The van der Waals surface area contributed by atoms with Crippen molar-refractivity contribution in [1.29, 1.82) is 0 Å². The van der Waals surface area contributed by atoms with Crippen molar-refractivity contribution in [3.8, 4) is 23.0 Å². The van der Waals surface area contributed by atoms with Gasteiger partial charge in [0, 0.05) is 29.3 Å². The van der Waals surface area contributed by atoms with Crippen LogP contribution in [0, 0.1) is 0 Å². The predicted molar refractivity (Wildman–Crippen MR) is 157 cm³/mol. The zero-order valence-electron chi connectivity index (χ0n) is 23.8. The molecular weight excluding hydrogens is 590 g/mol. The summed E-state index contributed by atoms with van der Waals surface area (Å²) in [6.07, 6.45) is 5.61. The summed E-state index contributed by atoms with van der Waals surface area (Å²) >= 11 is 3.42. The molecule has 1 saturated carbocycles. The first kappa shape index (κ1) is 29.0. The Morgan fingerprint density at radius 2 is 1.61 bits per heavy atom. The van der Waals surface area contributed by atoms with E-state index in [0.29, 0.717) is 44.8 Å². The summed E-state index contributed by atoms with van der Waals surface area (Å²) in [5.74, 6) is 0.205. The summed E-state index contributed by atoms with van der Waals surface area (Å²) in [5.41, 5.74) is 4.02. The fourth-order valence-corrected chi connectivity index (χ4v) is 6.76. The minimum Gasteiger partial charge on any atom is -0.503 e. The summed E-state index contributed by atoms with van der Waals surface area (Å²) in [5, 5.41) is 13.9. The Bertz CT molecular complexity index is 1420. The molecule has 2 aliphatic carbocycles. The number of benzene rings is 2. The molecule has 0 bridgehead atoms. The number of hydrogen-bond acceptors (Lipinski definition) is 8. The third-order valence-electron chi connectivity index (χ3n) is 8.36. The minimum atomic E-state index is -0.674. The van der Waals surface area contributed by atoms with Crippen molar-refractivity contribution in [3.05, 3.63) is 68.5 Å². The van der Waals surface area contributed by atoms with Gasteiger partial charge in [0.05, 0.1) is 31.4 Å². The highest BCUT2D eigenvalue weighted by Gasteiger charge is 2.42. The third kappa shape index (κ3) is 5.69. The molecule has 1 aliphatic heterocycles. The number of rotatable bonds is 7. The zero-order chi connectivity index (χ0) is 29.3. The number of phenolic OH excluding ortho intramolecular Hbond substituents is 1. The molecule has 1 heterocycles. The second kappa shape index (κ2) is 12.2. The molecule has 2 aromatic carbocycles. The molecule has 2 atom stereocenters. The van der Waals surface area contributed by atoms with Crippen LogP contribution in [0.1, 0.15) is 74.8 Å². The van der Waals surface area contributed by atoms with E-state index in [4.69, 9.17) is 18.9 Å². The number of ether oxygens (including phenoxy) is 4. The summed E-state index contributed by atoms with van der Waals surface area (Å²) < 4.78 is 22.8. The molecule has 0 radical (unpaired) electrons. The van der Waals surface area contributed by atoms with Gasteiger partial charge in [-0.05, 0) is 96.3 Å². The number of aromatic hydroxyl groups is 1. The monoisotopic (exact) mass is 625 g/mol. The highest BCUT2D eigenvalue weighted by atomic mass is 79.9. The van der Waals surface area contributed by atoms with Crippen LogP contribution >= 0.6 is 15.9 Å². The van der Waals surface area contributed by atoms with Gasteiger partial charge in [0.2, 0.25) is 0 Å². The fourth-order valence-electron chi connectivity index (χ4n) is 6.30. The van der Waals surface area contributed by atoms with Crippen LogP contribution in [0.3, 0.4) is 0 Å². The van der Waals surface area contributed by atoms with Crippen LogP contribution in [0.5, 0.6) is 23.0 Å². The third-order valence-corrected chi connectivity index (χ3v) is 8.96. The van der Waals surface area contributed by atoms with E-state index < -0.39 is 11.9 Å². The van der Waals surface area contributed by atoms with E-state index in [1.807, 2.05) is 25.1 Å². The molecule has 2 N–H and O–H groups in total. The fraction of sp³-hybridized carbons (Fsp3) is 0.438. The number of allylic oxidation sites excluding steroid dienone is 3. The van der Waals surface area contributed by atoms with Crippen molar-refractivity contribution in [3.63, 3.8) is 0 Å². The molecule has 8 nitrogen and oxygen atoms in total. The van der Waals surface area contributed by atoms with Crippen molar-refractivity contribution < 1.29 is 33.6 Å². The number of carbonyl (C=O) groups is 2. The average molecular weight is 627 g/mol. The smallest absolute Gasteiger partial charge is 0.337 e. The lowest BCUT2D eigenvalue weighted by atomic mass is 9.71. The quantitative estimate of drug-likeness (QED) is 0.340. The minimum absolute atomic E-state index is 0.0464. The number of nitrogens with one attached hydrogen (secondary N) is 1. The van der Waals surface area contributed by atoms with Crippen molar-refractivity contribution in [2.75, 3.05) is 21.3 Å². The Morgan fingerprint density at radius 1 is 0.927 bits per heavy atom. The second-order valence-corrected chi connectivity index (χ2v) is 11.7. The topological polar surface area (TPSA) is 103 Å². The first-order chi connectivity index (χ1) is 19.7. The largest absolute Gasteiger partial charge is 0.503 e. The molecule has 0 aromatic heterocycles. The van der Waals surface area contributed by atoms with Gasteiger partial charge in [-0.1, -0.05) is 12.5 Å². The van der Waals surface area contributed by atoms with Crippen LogP contribution in [0.4, 0.5) is 0 Å². The number of dihydropyridines is 1. The van der Waals surface area contributed by atoms with Gasteiger partial charge in [-0.3, -0.25) is 4.79 Å². The second-order valence-electron chi connectivity index (χ2n) is 10.9. The van der Waals surface area contributed by atoms with E-state index in [-0.39, 0.29) is 35.7 Å². The van der Waals surface area contributed by atoms with E-state index in [2.05, 4.69) is 21.2 Å². The molecule has 0 saturated heterocycles. The van der Waals surface area contributed by atoms with Gasteiger partial charge in [0.1, 0.15) is 6.10 Å². The molecule has 2 aromatic rings. The summed E-state index contributed by atoms with van der Waals surface area (Å²) in [6, 6.07) is 9.16. The van der Waals surface area contributed by atoms with E-state index in [0.717, 1.165) is 43.4 Å². The van der Waals surface area contributed by atoms with Gasteiger partial charge >= 0.3 is 5.97 Å². The molecule has 3 aliphatic rings. The summed E-state index contributed by atoms with van der Waals surface area (Å²) in [6.45, 7) is 1.85. The molecule has 0 spiro atoms. The normalized spacial score (nSPS) is 21.2. The SMILES string of the molecule is COc1ccc(C2CC(=O)C3=C(C2)NC(C)=C(C(=O)OC2CCCCC2)C3c2cc(Br)c(O)c(OC)c2)cc1OC. The molecule has 1 fully saturated rings. The van der Waals surface area contributed by atoms with Crippen molar-refractivity contribution in [2.24, 2.45) is 0 Å². The van der Waals surface area contributed by atoms with Crippen LogP contribution < -0.4 is 19.5 Å². The molecule has 2 unspecified atom stereocenters. The van der Waals surface area contributed by atoms with E-state index >= 15 is 0 Å². The average Bonchev–Trinajstić information content (AvgIpc) is 2.97. The van der Waals surface area contributed by atoms with Crippen molar-refractivity contribution in [1.82, 2.24) is 5.32 Å². The summed E-state index contributed by atoms with van der Waals surface area (Å²) in [4.78, 5) is 27.8. The zero-order valence-corrected chi connectivity index (χ0v) is 25.4. The predicted octanol–water partition coefficient (Wildman–Crippen LogP) is 6.42. The first-order valence-corrected chi connectivity index (χ1v) is 14.8. The number of hydrogen-bond donors (Lipinski definition) is 2. The van der Waals surface area contributed by atoms with E-state index in [9.17, 15) is 14.7 Å². The number of ketones is 1. The van der Waals surface area contributed by atoms with Crippen molar-refractivity contribution >= 4 is 27.7 Å². The van der Waals surface area contributed by atoms with Gasteiger partial charge in [-0.15, -0.1) is 0 Å². The maximum absolute atomic E-state index is 14.0. The summed E-state index contributed by atoms with van der Waals surface area (Å²) in [7, 11) is 4.65. The highest BCUT2D eigenvalue weighted by molar-refractivity contribution is 9.10. The van der Waals surface area contributed by atoms with Gasteiger partial charge in [-0.25, -0.2) is 4.79 Å². The Morgan fingerprint density at radius 3 is 2.29 bits per heavy atom. The Hall–Kier alpha value is -3.46. The molecule has 41 heavy (non-hydrogen) atoms. The van der Waals surface area contributed by atoms with E-state index in [1.165, 1.54) is 7.11 Å². The highest BCUT2D eigenvalue weighted by Crippen LogP contribution is 2.49. The molecule has 218 valence electrons. The van der Waals surface area contributed by atoms with Gasteiger partial charge in [0.25, 0.3) is 0 Å². The van der Waals surface area contributed by atoms with Crippen LogP contribution in [0.2, 0.25) is 0 Å². The molecule has 5 rings (SSSR count). The lowest BCUT2D eigenvalue weighted by molar-refractivity contribution is -0.146. The van der Waals surface area contributed by atoms with Crippen LogP contribution in [0.15, 0.2) is 57.3 Å². The molecule has 0 amide bonds. The van der Waals surface area contributed by atoms with Gasteiger partial charge in [0.15, 0.2) is 28.8 Å². The van der Waals surface area contributed by atoms with Crippen LogP contribution in [0.25, 0.3) is 0 Å². The Labute approximate surface area is 248 Å². The van der Waals surface area contributed by atoms with E-state index in [1.54, 1.807) is 26.4 Å². The Kier molecular flexibility index (Phi) is 8.63. The van der Waals surface area contributed by atoms with Crippen LogP contribution in [-0.2, 0) is 14.3 Å². The molecule has 9 heteroatoms. The van der Waals surface area contributed by atoms with Crippen molar-refractivity contribution in [2.45, 2.75) is 69.8 Å². The number of carbonyl (C=O) groups excluding carboxylic acids is 2. The maximum atomic E-state index is 14.0.